The molecule has 0 fully saturated rings. The molecular weight excluding hydrogens is 298 g/mol. The van der Waals surface area contributed by atoms with Crippen LogP contribution in [0.15, 0.2) is 48.8 Å². The van der Waals surface area contributed by atoms with Gasteiger partial charge in [-0.1, -0.05) is 12.1 Å². The van der Waals surface area contributed by atoms with Crippen LogP contribution in [0.4, 0.5) is 0 Å². The number of aromatic nitrogens is 4. The van der Waals surface area contributed by atoms with Crippen molar-refractivity contribution in [3.8, 4) is 11.5 Å². The first-order chi connectivity index (χ1) is 11.8. The lowest BCUT2D eigenvalue weighted by Gasteiger charge is -2.27. The van der Waals surface area contributed by atoms with E-state index < -0.39 is 0 Å². The van der Waals surface area contributed by atoms with Gasteiger partial charge >= 0.3 is 0 Å². The molecule has 1 aliphatic heterocycles. The monoisotopic (exact) mass is 317 g/mol. The second kappa shape index (κ2) is 6.45. The lowest BCUT2D eigenvalue weighted by atomic mass is 10.1. The summed E-state index contributed by atoms with van der Waals surface area (Å²) < 4.78 is 0. The molecule has 1 aliphatic rings. The molecule has 24 heavy (non-hydrogen) atoms. The Labute approximate surface area is 141 Å². The Kier molecular flexibility index (Phi) is 4.01. The summed E-state index contributed by atoms with van der Waals surface area (Å²) in [4.78, 5) is 20.6. The van der Waals surface area contributed by atoms with Gasteiger partial charge in [-0.2, -0.15) is 0 Å². The molecule has 0 unspecified atom stereocenters. The van der Waals surface area contributed by atoms with Crippen LogP contribution in [0.1, 0.15) is 22.6 Å². The van der Waals surface area contributed by atoms with Gasteiger partial charge in [0.2, 0.25) is 0 Å². The smallest absolute Gasteiger partial charge is 0.178 e. The highest BCUT2D eigenvalue weighted by atomic mass is 15.1. The third kappa shape index (κ3) is 3.16. The lowest BCUT2D eigenvalue weighted by Crippen LogP contribution is -2.31. The maximum atomic E-state index is 4.76. The highest BCUT2D eigenvalue weighted by Gasteiger charge is 2.19. The maximum absolute atomic E-state index is 4.76. The van der Waals surface area contributed by atoms with Gasteiger partial charge < -0.3 is 0 Å². The van der Waals surface area contributed by atoms with Gasteiger partial charge in [-0.25, -0.2) is 9.97 Å². The Morgan fingerprint density at radius 1 is 1.04 bits per heavy atom. The van der Waals surface area contributed by atoms with Gasteiger partial charge in [-0.15, -0.1) is 0 Å². The number of nitrogens with zero attached hydrogens (tertiary/aromatic N) is 5. The average Bonchev–Trinajstić information content (AvgIpc) is 2.62. The molecule has 0 saturated heterocycles. The molecule has 0 saturated carbocycles. The minimum atomic E-state index is 0.699. The number of pyridine rings is 2. The van der Waals surface area contributed by atoms with Gasteiger partial charge in [0.25, 0.3) is 0 Å². The second-order valence-electron chi connectivity index (χ2n) is 6.11. The van der Waals surface area contributed by atoms with Gasteiger partial charge in [0, 0.05) is 37.7 Å². The second-order valence-corrected chi connectivity index (χ2v) is 6.11. The lowest BCUT2D eigenvalue weighted by molar-refractivity contribution is 0.238. The summed E-state index contributed by atoms with van der Waals surface area (Å²) in [6.45, 7) is 4.72. The zero-order chi connectivity index (χ0) is 16.4. The molecule has 5 heteroatoms. The largest absolute Gasteiger partial charge is 0.291 e. The molecule has 3 aromatic rings. The van der Waals surface area contributed by atoms with Crippen molar-refractivity contribution in [3.05, 3.63) is 71.4 Å². The summed E-state index contributed by atoms with van der Waals surface area (Å²) in [5, 5.41) is 0. The van der Waals surface area contributed by atoms with Crippen LogP contribution in [0.3, 0.4) is 0 Å². The van der Waals surface area contributed by atoms with Crippen molar-refractivity contribution in [2.45, 2.75) is 26.4 Å². The van der Waals surface area contributed by atoms with E-state index in [9.17, 15) is 0 Å². The predicted molar refractivity (Wildman–Crippen MR) is 92.1 cm³/mol. The molecular formula is C19H19N5. The zero-order valence-corrected chi connectivity index (χ0v) is 13.7. The summed E-state index contributed by atoms with van der Waals surface area (Å²) in [7, 11) is 0. The van der Waals surface area contributed by atoms with E-state index in [4.69, 9.17) is 4.98 Å². The first kappa shape index (κ1) is 14.9. The topological polar surface area (TPSA) is 54.8 Å². The van der Waals surface area contributed by atoms with E-state index in [-0.39, 0.29) is 0 Å². The van der Waals surface area contributed by atoms with Crippen LogP contribution >= 0.6 is 0 Å². The Hall–Kier alpha value is -2.66. The number of hydrogen-bond donors (Lipinski definition) is 0. The predicted octanol–water partition coefficient (Wildman–Crippen LogP) is 2.80. The van der Waals surface area contributed by atoms with E-state index in [1.54, 1.807) is 6.20 Å². The fourth-order valence-electron chi connectivity index (χ4n) is 3.03. The first-order valence-corrected chi connectivity index (χ1v) is 8.19. The van der Waals surface area contributed by atoms with Gasteiger partial charge in [0.05, 0.1) is 11.4 Å². The Balaban J connectivity index is 1.55. The molecule has 0 bridgehead atoms. The highest BCUT2D eigenvalue weighted by molar-refractivity contribution is 5.49. The molecule has 0 N–H and O–H groups in total. The SMILES string of the molecule is Cc1cccc(CN2CCc3cnc(-c4ccccn4)nc3C2)n1. The minimum Gasteiger partial charge on any atom is -0.291 e. The van der Waals surface area contributed by atoms with E-state index >= 15 is 0 Å². The van der Waals surface area contributed by atoms with Crippen LogP contribution in [0.5, 0.6) is 0 Å². The van der Waals surface area contributed by atoms with Crippen LogP contribution in [0.2, 0.25) is 0 Å². The van der Waals surface area contributed by atoms with Gasteiger partial charge in [-0.05, 0) is 43.2 Å². The molecule has 0 aromatic carbocycles. The van der Waals surface area contributed by atoms with Gasteiger partial charge in [0.1, 0.15) is 5.69 Å². The molecule has 5 nitrogen and oxygen atoms in total. The summed E-state index contributed by atoms with van der Waals surface area (Å²) in [6, 6.07) is 12.0. The van der Waals surface area contributed by atoms with E-state index in [1.807, 2.05) is 37.4 Å². The average molecular weight is 317 g/mol. The van der Waals surface area contributed by atoms with Crippen molar-refractivity contribution in [1.82, 2.24) is 24.8 Å². The quantitative estimate of drug-likeness (QED) is 0.743. The summed E-state index contributed by atoms with van der Waals surface area (Å²) in [6.07, 6.45) is 4.70. The van der Waals surface area contributed by atoms with Crippen LogP contribution in [-0.4, -0.2) is 31.4 Å². The number of fused-ring (bicyclic) bond motifs is 1. The molecule has 0 radical (unpaired) electrons. The number of hydrogen-bond acceptors (Lipinski definition) is 5. The summed E-state index contributed by atoms with van der Waals surface area (Å²) in [5.41, 5.74) is 5.33. The molecule has 4 rings (SSSR count). The Bertz CT molecular complexity index is 847. The molecule has 120 valence electrons. The molecule has 4 heterocycles. The summed E-state index contributed by atoms with van der Waals surface area (Å²) in [5.74, 6) is 0.699. The summed E-state index contributed by atoms with van der Waals surface area (Å²) >= 11 is 0. The molecule has 0 atom stereocenters. The van der Waals surface area contributed by atoms with Gasteiger partial charge in [-0.3, -0.25) is 14.9 Å². The first-order valence-electron chi connectivity index (χ1n) is 8.19. The van der Waals surface area contributed by atoms with Gasteiger partial charge in [0.15, 0.2) is 5.82 Å². The molecule has 3 aromatic heterocycles. The van der Waals surface area contributed by atoms with Crippen molar-refractivity contribution in [1.29, 1.82) is 0 Å². The zero-order valence-electron chi connectivity index (χ0n) is 13.7. The maximum Gasteiger partial charge on any atom is 0.178 e. The molecule has 0 amide bonds. The van der Waals surface area contributed by atoms with Crippen molar-refractivity contribution >= 4 is 0 Å². The molecule has 0 aliphatic carbocycles. The van der Waals surface area contributed by atoms with E-state index in [0.717, 1.165) is 48.8 Å². The molecule has 0 spiro atoms. The van der Waals surface area contributed by atoms with Crippen molar-refractivity contribution in [2.24, 2.45) is 0 Å². The van der Waals surface area contributed by atoms with Crippen molar-refractivity contribution in [3.63, 3.8) is 0 Å². The normalized spacial score (nSPS) is 14.4. The van der Waals surface area contributed by atoms with Crippen molar-refractivity contribution in [2.75, 3.05) is 6.54 Å². The van der Waals surface area contributed by atoms with Crippen LogP contribution in [-0.2, 0) is 19.5 Å². The van der Waals surface area contributed by atoms with Crippen LogP contribution < -0.4 is 0 Å². The third-order valence-corrected chi connectivity index (χ3v) is 4.25. The van der Waals surface area contributed by atoms with E-state index in [1.165, 1.54) is 5.56 Å². The van der Waals surface area contributed by atoms with Crippen molar-refractivity contribution < 1.29 is 0 Å². The fraction of sp³-hybridized carbons (Fsp3) is 0.263. The highest BCUT2D eigenvalue weighted by Crippen LogP contribution is 2.20. The number of aryl methyl sites for hydroxylation is 1. The standard InChI is InChI=1S/C19H19N5/c1-14-5-4-6-16(22-14)12-24-10-8-15-11-21-19(23-18(15)13-24)17-7-2-3-9-20-17/h2-7,9,11H,8,10,12-13H2,1H3. The van der Waals surface area contributed by atoms with E-state index in [2.05, 4.69) is 32.0 Å². The fourth-order valence-corrected chi connectivity index (χ4v) is 3.03. The van der Waals surface area contributed by atoms with Crippen LogP contribution in [0, 0.1) is 6.92 Å². The number of rotatable bonds is 3. The third-order valence-electron chi connectivity index (χ3n) is 4.25. The van der Waals surface area contributed by atoms with E-state index in [0.29, 0.717) is 5.82 Å². The Morgan fingerprint density at radius 3 is 2.83 bits per heavy atom. The minimum absolute atomic E-state index is 0.699. The van der Waals surface area contributed by atoms with Crippen LogP contribution in [0.25, 0.3) is 11.5 Å². The Morgan fingerprint density at radius 2 is 2.00 bits per heavy atom.